The van der Waals surface area contributed by atoms with Crippen LogP contribution < -0.4 is 5.73 Å². The van der Waals surface area contributed by atoms with Gasteiger partial charge in [-0.2, -0.15) is 10.2 Å². The van der Waals surface area contributed by atoms with E-state index in [-0.39, 0.29) is 0 Å². The Kier molecular flexibility index (Phi) is 2.10. The number of aromatic nitrogens is 4. The van der Waals surface area contributed by atoms with Gasteiger partial charge in [-0.1, -0.05) is 13.8 Å². The van der Waals surface area contributed by atoms with Gasteiger partial charge in [0.15, 0.2) is 0 Å². The van der Waals surface area contributed by atoms with Gasteiger partial charge in [-0.25, -0.2) is 0 Å². The molecule has 0 bridgehead atoms. The summed E-state index contributed by atoms with van der Waals surface area (Å²) < 4.78 is 1.83. The van der Waals surface area contributed by atoms with Gasteiger partial charge in [0.05, 0.1) is 17.1 Å². The zero-order valence-electron chi connectivity index (χ0n) is 9.44. The molecule has 2 N–H and O–H groups in total. The summed E-state index contributed by atoms with van der Waals surface area (Å²) in [5, 5.41) is 12.6. The zero-order chi connectivity index (χ0) is 11.2. The minimum absolute atomic E-state index is 0.358. The Morgan fingerprint density at radius 3 is 2.47 bits per heavy atom. The van der Waals surface area contributed by atoms with Crippen molar-refractivity contribution in [1.29, 1.82) is 0 Å². The molecule has 0 fully saturated rings. The maximum absolute atomic E-state index is 5.92. The van der Waals surface area contributed by atoms with Crippen molar-refractivity contribution in [3.05, 3.63) is 11.4 Å². The van der Waals surface area contributed by atoms with Crippen LogP contribution in [0.15, 0.2) is 0 Å². The second kappa shape index (κ2) is 3.18. The molecule has 0 unspecified atom stereocenters. The molecule has 2 aromatic heterocycles. The molecule has 2 aromatic rings. The van der Waals surface area contributed by atoms with E-state index < -0.39 is 0 Å². The van der Waals surface area contributed by atoms with Crippen LogP contribution in [-0.4, -0.2) is 20.0 Å². The third-order valence-corrected chi connectivity index (χ3v) is 2.56. The van der Waals surface area contributed by atoms with Crippen molar-refractivity contribution >= 4 is 16.7 Å². The molecule has 15 heavy (non-hydrogen) atoms. The third kappa shape index (κ3) is 1.35. The van der Waals surface area contributed by atoms with E-state index in [4.69, 9.17) is 5.73 Å². The molecule has 0 amide bonds. The molecular weight excluding hydrogens is 190 g/mol. The molecular formula is C10H15N5. The normalized spacial score (nSPS) is 11.5. The van der Waals surface area contributed by atoms with Crippen LogP contribution >= 0.6 is 0 Å². The van der Waals surface area contributed by atoms with Gasteiger partial charge in [0.1, 0.15) is 11.0 Å². The molecule has 0 atom stereocenters. The molecule has 5 heteroatoms. The first-order valence-corrected chi connectivity index (χ1v) is 4.97. The van der Waals surface area contributed by atoms with Crippen molar-refractivity contribution in [1.82, 2.24) is 20.0 Å². The first-order chi connectivity index (χ1) is 7.02. The van der Waals surface area contributed by atoms with Crippen molar-refractivity contribution in [3.8, 4) is 0 Å². The fraction of sp³-hybridized carbons (Fsp3) is 0.500. The average Bonchev–Trinajstić information content (AvgIpc) is 2.49. The maximum atomic E-state index is 5.92. The molecule has 0 saturated carbocycles. The predicted octanol–water partition coefficient (Wildman–Crippen LogP) is 1.38. The number of anilines is 1. The lowest BCUT2D eigenvalue weighted by atomic mass is 10.1. The lowest BCUT2D eigenvalue weighted by Crippen LogP contribution is -2.00. The van der Waals surface area contributed by atoms with Crippen LogP contribution in [0.5, 0.6) is 0 Å². The highest BCUT2D eigenvalue weighted by molar-refractivity contribution is 5.88. The van der Waals surface area contributed by atoms with Gasteiger partial charge in [-0.3, -0.25) is 4.68 Å². The van der Waals surface area contributed by atoms with Gasteiger partial charge in [0.2, 0.25) is 0 Å². The van der Waals surface area contributed by atoms with E-state index in [1.54, 1.807) is 0 Å². The molecule has 0 saturated heterocycles. The molecule has 2 rings (SSSR count). The molecule has 0 radical (unpaired) electrons. The zero-order valence-corrected chi connectivity index (χ0v) is 9.44. The largest absolute Gasteiger partial charge is 0.395 e. The smallest absolute Gasteiger partial charge is 0.138 e. The number of nitrogen functional groups attached to an aromatic ring is 1. The van der Waals surface area contributed by atoms with Crippen molar-refractivity contribution in [2.24, 2.45) is 7.05 Å². The van der Waals surface area contributed by atoms with Gasteiger partial charge in [-0.05, 0) is 12.8 Å². The molecule has 0 aromatic carbocycles. The minimum Gasteiger partial charge on any atom is -0.395 e. The van der Waals surface area contributed by atoms with Gasteiger partial charge < -0.3 is 5.73 Å². The summed E-state index contributed by atoms with van der Waals surface area (Å²) in [5.74, 6) is 0.358. The quantitative estimate of drug-likeness (QED) is 0.763. The van der Waals surface area contributed by atoms with Crippen LogP contribution in [0.3, 0.4) is 0 Å². The number of hydrogen-bond donors (Lipinski definition) is 1. The monoisotopic (exact) mass is 205 g/mol. The molecule has 0 aliphatic carbocycles. The summed E-state index contributed by atoms with van der Waals surface area (Å²) in [4.78, 5) is 0. The van der Waals surface area contributed by atoms with Crippen LogP contribution in [0.2, 0.25) is 0 Å². The first-order valence-electron chi connectivity index (χ1n) is 4.97. The van der Waals surface area contributed by atoms with Crippen LogP contribution in [0.4, 0.5) is 5.69 Å². The van der Waals surface area contributed by atoms with Gasteiger partial charge in [0.25, 0.3) is 0 Å². The van der Waals surface area contributed by atoms with E-state index in [1.807, 2.05) is 18.7 Å². The summed E-state index contributed by atoms with van der Waals surface area (Å²) in [5.41, 5.74) is 9.93. The number of hydrogen-bond acceptors (Lipinski definition) is 4. The molecule has 0 aliphatic heterocycles. The average molecular weight is 205 g/mol. The molecule has 0 aliphatic rings. The van der Waals surface area contributed by atoms with Crippen molar-refractivity contribution < 1.29 is 0 Å². The van der Waals surface area contributed by atoms with Crippen LogP contribution in [0.25, 0.3) is 11.0 Å². The molecule has 0 spiro atoms. The van der Waals surface area contributed by atoms with Gasteiger partial charge in [-0.15, -0.1) is 5.10 Å². The van der Waals surface area contributed by atoms with E-state index >= 15 is 0 Å². The van der Waals surface area contributed by atoms with E-state index in [0.29, 0.717) is 11.6 Å². The Labute approximate surface area is 88.3 Å². The Bertz CT molecular complexity index is 512. The summed E-state index contributed by atoms with van der Waals surface area (Å²) in [7, 11) is 1.91. The summed E-state index contributed by atoms with van der Waals surface area (Å²) in [6.45, 7) is 6.05. The molecule has 5 nitrogen and oxygen atoms in total. The van der Waals surface area contributed by atoms with Crippen molar-refractivity contribution in [2.45, 2.75) is 26.7 Å². The molecule has 2 heterocycles. The van der Waals surface area contributed by atoms with Crippen molar-refractivity contribution in [3.63, 3.8) is 0 Å². The Morgan fingerprint density at radius 2 is 1.87 bits per heavy atom. The van der Waals surface area contributed by atoms with E-state index in [1.165, 1.54) is 0 Å². The summed E-state index contributed by atoms with van der Waals surface area (Å²) in [6, 6.07) is 0. The lowest BCUT2D eigenvalue weighted by molar-refractivity contribution is 0.676. The van der Waals surface area contributed by atoms with Gasteiger partial charge in [0, 0.05) is 7.05 Å². The number of nitrogens with two attached hydrogens (primary N) is 1. The number of nitrogens with zero attached hydrogens (tertiary/aromatic N) is 4. The van der Waals surface area contributed by atoms with E-state index in [0.717, 1.165) is 22.4 Å². The third-order valence-electron chi connectivity index (χ3n) is 2.56. The van der Waals surface area contributed by atoms with Gasteiger partial charge >= 0.3 is 0 Å². The Hall–Kier alpha value is -1.65. The first kappa shape index (κ1) is 9.89. The Morgan fingerprint density at radius 1 is 1.20 bits per heavy atom. The summed E-state index contributed by atoms with van der Waals surface area (Å²) in [6.07, 6.45) is 0. The SMILES string of the molecule is Cc1nnc2c(C(C)C)n(C)nc2c1N. The summed E-state index contributed by atoms with van der Waals surface area (Å²) >= 11 is 0. The van der Waals surface area contributed by atoms with E-state index in [9.17, 15) is 0 Å². The highest BCUT2D eigenvalue weighted by Crippen LogP contribution is 2.26. The number of rotatable bonds is 1. The van der Waals surface area contributed by atoms with Crippen LogP contribution in [0.1, 0.15) is 31.2 Å². The van der Waals surface area contributed by atoms with Crippen molar-refractivity contribution in [2.75, 3.05) is 5.73 Å². The lowest BCUT2D eigenvalue weighted by Gasteiger charge is -2.04. The minimum atomic E-state index is 0.358. The van der Waals surface area contributed by atoms with Crippen LogP contribution in [-0.2, 0) is 7.05 Å². The highest BCUT2D eigenvalue weighted by Gasteiger charge is 2.16. The predicted molar refractivity (Wildman–Crippen MR) is 59.5 cm³/mol. The second-order valence-corrected chi connectivity index (χ2v) is 4.06. The topological polar surface area (TPSA) is 69.6 Å². The maximum Gasteiger partial charge on any atom is 0.138 e. The fourth-order valence-electron chi connectivity index (χ4n) is 1.80. The second-order valence-electron chi connectivity index (χ2n) is 4.06. The Balaban J connectivity index is 2.85. The van der Waals surface area contributed by atoms with E-state index in [2.05, 4.69) is 29.1 Å². The number of fused-ring (bicyclic) bond motifs is 1. The molecule has 80 valence electrons. The highest BCUT2D eigenvalue weighted by atomic mass is 15.3. The standard InChI is InChI=1S/C10H15N5/c1-5(2)10-9-8(14-15(10)4)7(11)6(3)12-13-9/h5H,11H2,1-4H3. The van der Waals surface area contributed by atoms with Crippen LogP contribution in [0, 0.1) is 6.92 Å². The number of aryl methyl sites for hydroxylation is 2. The fourth-order valence-corrected chi connectivity index (χ4v) is 1.80.